The third-order valence-corrected chi connectivity index (χ3v) is 4.61. The van der Waals surface area contributed by atoms with Crippen LogP contribution in [-0.2, 0) is 11.2 Å². The smallest absolute Gasteiger partial charge is 0.230 e. The molecule has 2 aromatic carbocycles. The molecule has 0 bridgehead atoms. The minimum atomic E-state index is -0.149. The highest BCUT2D eigenvalue weighted by Gasteiger charge is 2.11. The average Bonchev–Trinajstić information content (AvgIpc) is 3.24. The number of azo groups is 1. The van der Waals surface area contributed by atoms with Crippen molar-refractivity contribution in [3.05, 3.63) is 65.7 Å². The third kappa shape index (κ3) is 3.85. The number of carbonyl (C=O) groups excluding carboxylic acids is 1. The molecule has 3 N–H and O–H groups in total. The van der Waals surface area contributed by atoms with E-state index in [1.807, 2.05) is 54.6 Å². The second-order valence-electron chi connectivity index (χ2n) is 5.78. The van der Waals surface area contributed by atoms with Gasteiger partial charge in [-0.1, -0.05) is 36.4 Å². The molecular formula is C19H15N5O2S. The summed E-state index contributed by atoms with van der Waals surface area (Å²) in [6, 6.07) is 16.7. The van der Waals surface area contributed by atoms with Crippen LogP contribution in [0.25, 0.3) is 10.9 Å². The topological polar surface area (TPSA) is 103 Å². The molecule has 0 fully saturated rings. The highest BCUT2D eigenvalue weighted by molar-refractivity contribution is 7.13. The number of benzene rings is 2. The first-order valence-corrected chi connectivity index (χ1v) is 9.08. The van der Waals surface area contributed by atoms with Crippen molar-refractivity contribution in [3.8, 4) is 5.88 Å². The van der Waals surface area contributed by atoms with Gasteiger partial charge in [-0.2, -0.15) is 0 Å². The Hall–Kier alpha value is -3.52. The Bertz CT molecular complexity index is 1120. The molecule has 27 heavy (non-hydrogen) atoms. The lowest BCUT2D eigenvalue weighted by atomic mass is 10.2. The molecule has 2 heterocycles. The Morgan fingerprint density at radius 1 is 1.11 bits per heavy atom. The van der Waals surface area contributed by atoms with Gasteiger partial charge in [-0.3, -0.25) is 4.79 Å². The second kappa shape index (κ2) is 7.38. The quantitative estimate of drug-likeness (QED) is 0.430. The monoisotopic (exact) mass is 377 g/mol. The van der Waals surface area contributed by atoms with Crippen LogP contribution in [0.5, 0.6) is 5.88 Å². The van der Waals surface area contributed by atoms with Gasteiger partial charge in [-0.05, 0) is 18.2 Å². The summed E-state index contributed by atoms with van der Waals surface area (Å²) in [5.74, 6) is -0.191. The lowest BCUT2D eigenvalue weighted by Crippen LogP contribution is -2.14. The summed E-state index contributed by atoms with van der Waals surface area (Å²) < 4.78 is 0. The zero-order valence-corrected chi connectivity index (χ0v) is 14.9. The molecule has 1 amide bonds. The fourth-order valence-electron chi connectivity index (χ4n) is 2.62. The minimum absolute atomic E-state index is 0.0426. The summed E-state index contributed by atoms with van der Waals surface area (Å²) in [7, 11) is 0. The zero-order chi connectivity index (χ0) is 18.6. The van der Waals surface area contributed by atoms with E-state index in [9.17, 15) is 9.90 Å². The number of thiazole rings is 1. The van der Waals surface area contributed by atoms with E-state index in [0.29, 0.717) is 16.5 Å². The van der Waals surface area contributed by atoms with Gasteiger partial charge in [-0.15, -0.1) is 21.6 Å². The van der Waals surface area contributed by atoms with Gasteiger partial charge >= 0.3 is 0 Å². The van der Waals surface area contributed by atoms with E-state index in [1.165, 1.54) is 11.3 Å². The first kappa shape index (κ1) is 16.9. The molecule has 0 saturated carbocycles. The molecule has 0 aliphatic rings. The molecule has 7 nitrogen and oxygen atoms in total. The minimum Gasteiger partial charge on any atom is -0.493 e. The molecule has 2 aromatic heterocycles. The van der Waals surface area contributed by atoms with Crippen molar-refractivity contribution in [2.24, 2.45) is 10.2 Å². The summed E-state index contributed by atoms with van der Waals surface area (Å²) in [6.45, 7) is 0. The number of carbonyl (C=O) groups is 1. The van der Waals surface area contributed by atoms with Gasteiger partial charge in [-0.25, -0.2) is 4.98 Å². The number of nitrogens with zero attached hydrogens (tertiary/aromatic N) is 3. The van der Waals surface area contributed by atoms with Crippen LogP contribution >= 0.6 is 11.3 Å². The van der Waals surface area contributed by atoms with Crippen LogP contribution in [0.2, 0.25) is 0 Å². The molecule has 0 atom stereocenters. The van der Waals surface area contributed by atoms with Crippen LogP contribution in [0.3, 0.4) is 0 Å². The van der Waals surface area contributed by atoms with E-state index in [2.05, 4.69) is 25.5 Å². The lowest BCUT2D eigenvalue weighted by Gasteiger charge is -2.02. The number of amides is 1. The number of fused-ring (bicyclic) bond motifs is 1. The lowest BCUT2D eigenvalue weighted by molar-refractivity contribution is -0.115. The van der Waals surface area contributed by atoms with Crippen molar-refractivity contribution in [1.29, 1.82) is 0 Å². The summed E-state index contributed by atoms with van der Waals surface area (Å²) in [5, 5.41) is 24.0. The predicted octanol–water partition coefficient (Wildman–Crippen LogP) is 4.93. The van der Waals surface area contributed by atoms with Crippen molar-refractivity contribution < 1.29 is 9.90 Å². The number of rotatable bonds is 5. The summed E-state index contributed by atoms with van der Waals surface area (Å²) >= 11 is 1.29. The standard InChI is InChI=1S/C19H15N5O2S/c25-16(20-12-6-2-1-3-7-12)10-13-11-27-19(21-13)24-23-17-14-8-4-5-9-15(14)22-18(17)26/h1-9,11,22,26H,10H2,(H,20,25)/b24-23+. The van der Waals surface area contributed by atoms with Crippen molar-refractivity contribution in [3.63, 3.8) is 0 Å². The maximum Gasteiger partial charge on any atom is 0.230 e. The third-order valence-electron chi connectivity index (χ3n) is 3.83. The Kier molecular flexibility index (Phi) is 4.63. The molecule has 8 heteroatoms. The normalized spacial score (nSPS) is 11.3. The molecule has 0 radical (unpaired) electrons. The molecule has 0 spiro atoms. The number of aromatic hydroxyl groups is 1. The number of para-hydroxylation sites is 2. The molecule has 0 aliphatic heterocycles. The molecule has 4 aromatic rings. The number of H-pyrrole nitrogens is 1. The van der Waals surface area contributed by atoms with Gasteiger partial charge in [0.15, 0.2) is 5.69 Å². The van der Waals surface area contributed by atoms with Crippen molar-refractivity contribution in [1.82, 2.24) is 9.97 Å². The molecule has 134 valence electrons. The zero-order valence-electron chi connectivity index (χ0n) is 14.1. The molecule has 4 rings (SSSR count). The number of nitrogens with one attached hydrogen (secondary N) is 2. The Labute approximate surface area is 158 Å². The van der Waals surface area contributed by atoms with Gasteiger partial charge in [0.2, 0.25) is 16.9 Å². The van der Waals surface area contributed by atoms with E-state index in [1.54, 1.807) is 5.38 Å². The predicted molar refractivity (Wildman–Crippen MR) is 105 cm³/mol. The van der Waals surface area contributed by atoms with E-state index in [0.717, 1.165) is 16.6 Å². The number of hydrogen-bond acceptors (Lipinski definition) is 6. The maximum atomic E-state index is 12.1. The molecule has 0 saturated heterocycles. The van der Waals surface area contributed by atoms with E-state index in [-0.39, 0.29) is 18.2 Å². The van der Waals surface area contributed by atoms with E-state index in [4.69, 9.17) is 0 Å². The average molecular weight is 377 g/mol. The fourth-order valence-corrected chi connectivity index (χ4v) is 3.26. The van der Waals surface area contributed by atoms with Crippen molar-refractivity contribution >= 4 is 44.7 Å². The van der Waals surface area contributed by atoms with E-state index >= 15 is 0 Å². The number of hydrogen-bond donors (Lipinski definition) is 3. The fraction of sp³-hybridized carbons (Fsp3) is 0.0526. The number of anilines is 1. The molecule has 0 aliphatic carbocycles. The molecular weight excluding hydrogens is 362 g/mol. The number of aromatic amines is 1. The van der Waals surface area contributed by atoms with Gasteiger partial charge in [0.25, 0.3) is 0 Å². The second-order valence-corrected chi connectivity index (χ2v) is 6.62. The van der Waals surface area contributed by atoms with Gasteiger partial charge in [0.1, 0.15) is 0 Å². The van der Waals surface area contributed by atoms with E-state index < -0.39 is 0 Å². The first-order chi connectivity index (χ1) is 13.2. The Balaban J connectivity index is 1.45. The van der Waals surface area contributed by atoms with Crippen LogP contribution in [0.4, 0.5) is 16.5 Å². The van der Waals surface area contributed by atoms with Crippen LogP contribution in [-0.4, -0.2) is 21.0 Å². The van der Waals surface area contributed by atoms with Gasteiger partial charge in [0.05, 0.1) is 17.6 Å². The Morgan fingerprint density at radius 2 is 1.89 bits per heavy atom. The van der Waals surface area contributed by atoms with Gasteiger partial charge < -0.3 is 15.4 Å². The molecule has 0 unspecified atom stereocenters. The number of aromatic nitrogens is 2. The maximum absolute atomic E-state index is 12.1. The first-order valence-electron chi connectivity index (χ1n) is 8.20. The Morgan fingerprint density at radius 3 is 2.74 bits per heavy atom. The van der Waals surface area contributed by atoms with Crippen molar-refractivity contribution in [2.45, 2.75) is 6.42 Å². The van der Waals surface area contributed by atoms with Crippen molar-refractivity contribution in [2.75, 3.05) is 5.32 Å². The van der Waals surface area contributed by atoms with Crippen LogP contribution < -0.4 is 5.32 Å². The highest BCUT2D eigenvalue weighted by atomic mass is 32.1. The van der Waals surface area contributed by atoms with Crippen LogP contribution in [0, 0.1) is 0 Å². The SMILES string of the molecule is O=C(Cc1csc(/N=N/c2c(O)[nH]c3ccccc23)n1)Nc1ccccc1. The summed E-state index contributed by atoms with van der Waals surface area (Å²) in [4.78, 5) is 19.2. The van der Waals surface area contributed by atoms with Crippen LogP contribution in [0.15, 0.2) is 70.2 Å². The highest BCUT2D eigenvalue weighted by Crippen LogP contribution is 2.36. The van der Waals surface area contributed by atoms with Crippen LogP contribution in [0.1, 0.15) is 5.69 Å². The summed E-state index contributed by atoms with van der Waals surface area (Å²) in [6.07, 6.45) is 0.152. The summed E-state index contributed by atoms with van der Waals surface area (Å²) in [5.41, 5.74) is 2.50. The van der Waals surface area contributed by atoms with Gasteiger partial charge in [0, 0.05) is 16.5 Å². The largest absolute Gasteiger partial charge is 0.493 e.